The number of rotatable bonds is 2. The fourth-order valence-corrected chi connectivity index (χ4v) is 0.143. The largest absolute Gasteiger partial charge is 0.478 e. The molecule has 0 saturated carbocycles. The minimum absolute atomic E-state index is 0.558. The van der Waals surface area contributed by atoms with Crippen molar-refractivity contribution in [1.29, 1.82) is 0 Å². The lowest BCUT2D eigenvalue weighted by atomic mass is 10.5. The second kappa shape index (κ2) is 7.60. The summed E-state index contributed by atoms with van der Waals surface area (Å²) < 4.78 is 0. The number of hydrogen-bond donors (Lipinski definition) is 4. The molecular weight excluding hydrogens is 140 g/mol. The zero-order valence-corrected chi connectivity index (χ0v) is 5.02. The second-order valence-corrected chi connectivity index (χ2v) is 1.01. The van der Waals surface area contributed by atoms with Crippen molar-refractivity contribution in [2.24, 2.45) is 11.7 Å². The third kappa shape index (κ3) is 16.0. The fourth-order valence-electron chi connectivity index (χ4n) is 0.143. The minimum Gasteiger partial charge on any atom is -0.478 e. The van der Waals surface area contributed by atoms with Crippen LogP contribution in [-0.2, 0) is 9.59 Å². The van der Waals surface area contributed by atoms with Crippen LogP contribution in [0.5, 0.6) is 0 Å². The molecule has 0 rings (SSSR count). The van der Waals surface area contributed by atoms with Gasteiger partial charge in [-0.2, -0.15) is 0 Å². The van der Waals surface area contributed by atoms with E-state index in [0.29, 0.717) is 12.2 Å². The molecule has 0 aromatic rings. The minimum atomic E-state index is -1.26. The maximum absolute atomic E-state index is 9.55. The van der Waals surface area contributed by atoms with Crippen LogP contribution >= 0.6 is 0 Å². The van der Waals surface area contributed by atoms with Crippen LogP contribution in [0.15, 0.2) is 12.2 Å². The Hall–Kier alpha value is -1.40. The quantitative estimate of drug-likeness (QED) is 0.215. The molecule has 0 aliphatic heterocycles. The van der Waals surface area contributed by atoms with Gasteiger partial charge in [0.05, 0.1) is 0 Å². The van der Waals surface area contributed by atoms with E-state index in [2.05, 4.69) is 11.7 Å². The molecule has 10 heavy (non-hydrogen) atoms. The van der Waals surface area contributed by atoms with Crippen LogP contribution in [0.2, 0.25) is 0 Å². The monoisotopic (exact) mass is 148 g/mol. The summed E-state index contributed by atoms with van der Waals surface area (Å²) >= 11 is 0. The van der Waals surface area contributed by atoms with Crippen molar-refractivity contribution < 1.29 is 19.8 Å². The number of carboxylic acid groups (broad SMARTS) is 2. The Kier molecular flexibility index (Phi) is 8.67. The van der Waals surface area contributed by atoms with Crippen LogP contribution in [0.4, 0.5) is 0 Å². The molecule has 0 bridgehead atoms. The lowest BCUT2D eigenvalue weighted by Crippen LogP contribution is -2.02. The van der Waals surface area contributed by atoms with Crippen LogP contribution in [0.1, 0.15) is 0 Å². The van der Waals surface area contributed by atoms with E-state index < -0.39 is 11.9 Å². The molecular formula is C4H8N2O4. The molecule has 0 aromatic carbocycles. The van der Waals surface area contributed by atoms with Gasteiger partial charge >= 0.3 is 11.9 Å². The second-order valence-electron chi connectivity index (χ2n) is 1.01. The molecule has 0 aromatic heterocycles. The number of nitrogens with two attached hydrogens (primary N) is 2. The van der Waals surface area contributed by atoms with Crippen molar-refractivity contribution in [2.75, 3.05) is 0 Å². The summed E-state index contributed by atoms with van der Waals surface area (Å²) in [6.07, 6.45) is 1.12. The normalized spacial score (nSPS) is 8.20. The Morgan fingerprint density at radius 3 is 1.30 bits per heavy atom. The van der Waals surface area contributed by atoms with E-state index in [1.165, 1.54) is 0 Å². The number of aliphatic carboxylic acids is 2. The van der Waals surface area contributed by atoms with E-state index in [1.54, 1.807) is 0 Å². The van der Waals surface area contributed by atoms with Crippen LogP contribution < -0.4 is 11.7 Å². The third-order valence-electron chi connectivity index (χ3n) is 0.368. The first-order chi connectivity index (χ1) is 4.63. The molecule has 6 nitrogen and oxygen atoms in total. The molecule has 0 spiro atoms. The molecule has 0 heterocycles. The topological polar surface area (TPSA) is 127 Å². The number of carbonyl (C=O) groups is 2. The van der Waals surface area contributed by atoms with Crippen molar-refractivity contribution >= 4 is 11.9 Å². The van der Waals surface area contributed by atoms with Crippen molar-refractivity contribution in [3.8, 4) is 0 Å². The summed E-state index contributed by atoms with van der Waals surface area (Å²) in [5.41, 5.74) is 0. The first-order valence-electron chi connectivity index (χ1n) is 2.10. The van der Waals surface area contributed by atoms with Crippen LogP contribution in [0, 0.1) is 0 Å². The van der Waals surface area contributed by atoms with Gasteiger partial charge in [0, 0.05) is 12.2 Å². The molecule has 0 aliphatic carbocycles. The van der Waals surface area contributed by atoms with Gasteiger partial charge in [0.15, 0.2) is 0 Å². The first-order valence-corrected chi connectivity index (χ1v) is 2.10. The number of hydrogen-bond acceptors (Lipinski definition) is 4. The summed E-state index contributed by atoms with van der Waals surface area (Å²) in [6.45, 7) is 0. The van der Waals surface area contributed by atoms with Crippen LogP contribution in [0.25, 0.3) is 0 Å². The van der Waals surface area contributed by atoms with E-state index in [1.807, 2.05) is 0 Å². The first kappa shape index (κ1) is 11.4. The highest BCUT2D eigenvalue weighted by Gasteiger charge is 1.88. The highest BCUT2D eigenvalue weighted by molar-refractivity contribution is 5.89. The Morgan fingerprint density at radius 2 is 1.20 bits per heavy atom. The van der Waals surface area contributed by atoms with Crippen LogP contribution in [0.3, 0.4) is 0 Å². The van der Waals surface area contributed by atoms with Crippen molar-refractivity contribution in [2.45, 2.75) is 0 Å². The lowest BCUT2D eigenvalue weighted by Gasteiger charge is -1.74. The predicted molar refractivity (Wildman–Crippen MR) is 32.8 cm³/mol. The fraction of sp³-hybridized carbons (Fsp3) is 0. The maximum atomic E-state index is 9.55. The van der Waals surface area contributed by atoms with Gasteiger partial charge in [-0.25, -0.2) is 9.59 Å². The molecule has 58 valence electrons. The summed E-state index contributed by atoms with van der Waals surface area (Å²) in [7, 11) is 0. The van der Waals surface area contributed by atoms with Gasteiger partial charge < -0.3 is 10.2 Å². The molecule has 6 heteroatoms. The Morgan fingerprint density at radius 1 is 1.00 bits per heavy atom. The Labute approximate surface area is 56.7 Å². The Bertz CT molecular complexity index is 126. The standard InChI is InChI=1S/C4H4O4.H4N2/c5-3(6)1-2-4(7)8;1-2/h1-2H,(H,5,6)(H,7,8);1-2H2/b2-1+;. The molecule has 0 atom stereocenters. The number of hydrazine groups is 1. The van der Waals surface area contributed by atoms with Gasteiger partial charge in [0.1, 0.15) is 0 Å². The van der Waals surface area contributed by atoms with Crippen molar-refractivity contribution in [3.05, 3.63) is 12.2 Å². The molecule has 0 radical (unpaired) electrons. The molecule has 0 saturated heterocycles. The lowest BCUT2D eigenvalue weighted by molar-refractivity contribution is -0.134. The summed E-state index contributed by atoms with van der Waals surface area (Å²) in [5.74, 6) is 5.49. The summed E-state index contributed by atoms with van der Waals surface area (Å²) in [5, 5.41) is 15.6. The smallest absolute Gasteiger partial charge is 0.328 e. The van der Waals surface area contributed by atoms with Gasteiger partial charge in [-0.3, -0.25) is 11.7 Å². The van der Waals surface area contributed by atoms with Gasteiger partial charge in [-0.1, -0.05) is 0 Å². The van der Waals surface area contributed by atoms with E-state index in [-0.39, 0.29) is 0 Å². The molecule has 0 amide bonds. The third-order valence-corrected chi connectivity index (χ3v) is 0.368. The number of carboxylic acids is 2. The maximum Gasteiger partial charge on any atom is 0.328 e. The van der Waals surface area contributed by atoms with Gasteiger partial charge in [-0.15, -0.1) is 0 Å². The van der Waals surface area contributed by atoms with E-state index in [9.17, 15) is 9.59 Å². The average Bonchev–Trinajstić information content (AvgIpc) is 1.89. The van der Waals surface area contributed by atoms with E-state index in [0.717, 1.165) is 0 Å². The van der Waals surface area contributed by atoms with Crippen molar-refractivity contribution in [1.82, 2.24) is 0 Å². The van der Waals surface area contributed by atoms with E-state index >= 15 is 0 Å². The average molecular weight is 148 g/mol. The highest BCUT2D eigenvalue weighted by Crippen LogP contribution is 1.70. The SMILES string of the molecule is NN.O=C(O)/C=C/C(=O)O. The van der Waals surface area contributed by atoms with Crippen molar-refractivity contribution in [3.63, 3.8) is 0 Å². The summed E-state index contributed by atoms with van der Waals surface area (Å²) in [4.78, 5) is 19.1. The van der Waals surface area contributed by atoms with Gasteiger partial charge in [0.2, 0.25) is 0 Å². The molecule has 0 aliphatic rings. The van der Waals surface area contributed by atoms with Crippen LogP contribution in [-0.4, -0.2) is 22.2 Å². The predicted octanol–water partition coefficient (Wildman–Crippen LogP) is -1.47. The summed E-state index contributed by atoms with van der Waals surface area (Å²) in [6, 6.07) is 0. The van der Waals surface area contributed by atoms with Gasteiger partial charge in [-0.05, 0) is 0 Å². The molecule has 6 N–H and O–H groups in total. The van der Waals surface area contributed by atoms with Gasteiger partial charge in [0.25, 0.3) is 0 Å². The zero-order valence-electron chi connectivity index (χ0n) is 5.02. The van der Waals surface area contributed by atoms with E-state index in [4.69, 9.17) is 10.2 Å². The molecule has 0 unspecified atom stereocenters. The zero-order chi connectivity index (χ0) is 8.57. The Balaban J connectivity index is 0. The highest BCUT2D eigenvalue weighted by atomic mass is 16.4. The molecule has 0 fully saturated rings.